The van der Waals surface area contributed by atoms with E-state index in [-0.39, 0.29) is 11.5 Å². The average molecular weight is 277 g/mol. The Kier molecular flexibility index (Phi) is 3.71. The molecule has 0 spiro atoms. The number of hydrogen-bond acceptors (Lipinski definition) is 3. The molecule has 0 aliphatic rings. The van der Waals surface area contributed by atoms with Crippen molar-refractivity contribution in [2.75, 3.05) is 0 Å². The van der Waals surface area contributed by atoms with Crippen molar-refractivity contribution in [1.82, 2.24) is 9.55 Å². The Morgan fingerprint density at radius 3 is 2.89 bits per heavy atom. The Balaban J connectivity index is 2.36. The number of thiocarbonyl (C=S) groups is 1. The highest BCUT2D eigenvalue weighted by Crippen LogP contribution is 2.11. The lowest BCUT2D eigenvalue weighted by Gasteiger charge is -2.08. The molecule has 1 aromatic carbocycles. The maximum absolute atomic E-state index is 13.9. The van der Waals surface area contributed by atoms with E-state index in [9.17, 15) is 9.18 Å². The van der Waals surface area contributed by atoms with Gasteiger partial charge in [0.1, 0.15) is 10.8 Å². The van der Waals surface area contributed by atoms with Crippen LogP contribution in [0.5, 0.6) is 0 Å². The van der Waals surface area contributed by atoms with Crippen LogP contribution in [0.3, 0.4) is 0 Å². The Labute approximate surface area is 114 Å². The molecule has 0 aliphatic carbocycles. The van der Waals surface area contributed by atoms with Gasteiger partial charge in [-0.25, -0.2) is 14.2 Å². The molecule has 0 saturated heterocycles. The lowest BCUT2D eigenvalue weighted by molar-refractivity contribution is 0.592. The Bertz CT molecular complexity index is 697. The van der Waals surface area contributed by atoms with Gasteiger partial charge in [0.15, 0.2) is 0 Å². The second kappa shape index (κ2) is 5.27. The first kappa shape index (κ1) is 13.4. The predicted octanol–water partition coefficient (Wildman–Crippen LogP) is 1.37. The molecule has 0 aliphatic heterocycles. The monoisotopic (exact) mass is 277 g/mol. The molecule has 0 amide bonds. The highest BCUT2D eigenvalue weighted by molar-refractivity contribution is 7.80. The van der Waals surface area contributed by atoms with Crippen LogP contribution < -0.4 is 11.4 Å². The summed E-state index contributed by atoms with van der Waals surface area (Å²) in [6.45, 7) is 1.94. The minimum Gasteiger partial charge on any atom is -0.389 e. The largest absolute Gasteiger partial charge is 0.389 e. The molecule has 1 heterocycles. The van der Waals surface area contributed by atoms with Crippen molar-refractivity contribution < 1.29 is 4.39 Å². The van der Waals surface area contributed by atoms with Gasteiger partial charge in [0.25, 0.3) is 0 Å². The first-order valence-electron chi connectivity index (χ1n) is 5.58. The second-order valence-electron chi connectivity index (χ2n) is 4.21. The number of aryl methyl sites for hydroxylation is 1. The van der Waals surface area contributed by atoms with Gasteiger partial charge in [-0.3, -0.25) is 4.57 Å². The molecule has 0 fully saturated rings. The maximum Gasteiger partial charge on any atom is 0.347 e. The summed E-state index contributed by atoms with van der Waals surface area (Å²) >= 11 is 4.78. The average Bonchev–Trinajstić information content (AvgIpc) is 2.36. The molecule has 98 valence electrons. The van der Waals surface area contributed by atoms with Gasteiger partial charge < -0.3 is 5.73 Å². The summed E-state index contributed by atoms with van der Waals surface area (Å²) in [5.41, 5.74) is 6.70. The minimum atomic E-state index is -0.446. The number of nitrogens with zero attached hydrogens (tertiary/aromatic N) is 2. The molecular weight excluding hydrogens is 265 g/mol. The third-order valence-corrected chi connectivity index (χ3v) is 2.90. The van der Waals surface area contributed by atoms with Crippen LogP contribution in [0.25, 0.3) is 0 Å². The van der Waals surface area contributed by atoms with E-state index in [1.54, 1.807) is 18.3 Å². The summed E-state index contributed by atoms with van der Waals surface area (Å²) < 4.78 is 15.2. The zero-order valence-corrected chi connectivity index (χ0v) is 11.1. The van der Waals surface area contributed by atoms with Crippen molar-refractivity contribution in [3.05, 3.63) is 63.6 Å². The lowest BCUT2D eigenvalue weighted by atomic mass is 10.1. The summed E-state index contributed by atoms with van der Waals surface area (Å²) in [5.74, 6) is -0.446. The predicted molar refractivity (Wildman–Crippen MR) is 74.6 cm³/mol. The summed E-state index contributed by atoms with van der Waals surface area (Å²) in [6, 6.07) is 4.47. The molecule has 19 heavy (non-hydrogen) atoms. The van der Waals surface area contributed by atoms with Crippen LogP contribution in [0.2, 0.25) is 0 Å². The number of halogens is 1. The van der Waals surface area contributed by atoms with Crippen molar-refractivity contribution in [1.29, 1.82) is 0 Å². The van der Waals surface area contributed by atoms with E-state index in [1.807, 2.05) is 6.92 Å². The summed E-state index contributed by atoms with van der Waals surface area (Å²) in [7, 11) is 0. The Morgan fingerprint density at radius 2 is 2.26 bits per heavy atom. The fourth-order valence-electron chi connectivity index (χ4n) is 1.69. The van der Waals surface area contributed by atoms with Gasteiger partial charge in [-0.2, -0.15) is 0 Å². The minimum absolute atomic E-state index is 0.122. The molecule has 1 aromatic heterocycles. The Hall–Kier alpha value is -2.08. The van der Waals surface area contributed by atoms with E-state index >= 15 is 0 Å². The molecule has 0 atom stereocenters. The standard InChI is InChI=1S/C13H12FN3OS/c1-8-5-16-13(18)17(6-8)7-10-3-2-9(12(15)19)4-11(10)14/h2-6H,7H2,1H3,(H2,15,19). The summed E-state index contributed by atoms with van der Waals surface area (Å²) in [4.78, 5) is 15.4. The van der Waals surface area contributed by atoms with Crippen LogP contribution in [0.4, 0.5) is 4.39 Å². The zero-order chi connectivity index (χ0) is 14.0. The molecule has 0 radical (unpaired) electrons. The van der Waals surface area contributed by atoms with E-state index in [0.717, 1.165) is 5.56 Å². The van der Waals surface area contributed by atoms with Crippen molar-refractivity contribution >= 4 is 17.2 Å². The highest BCUT2D eigenvalue weighted by atomic mass is 32.1. The van der Waals surface area contributed by atoms with Gasteiger partial charge in [0.2, 0.25) is 0 Å². The van der Waals surface area contributed by atoms with Crippen LogP contribution in [-0.4, -0.2) is 14.5 Å². The topological polar surface area (TPSA) is 60.9 Å². The van der Waals surface area contributed by atoms with Crippen LogP contribution >= 0.6 is 12.2 Å². The molecule has 0 unspecified atom stereocenters. The van der Waals surface area contributed by atoms with Crippen molar-refractivity contribution in [2.24, 2.45) is 5.73 Å². The normalized spacial score (nSPS) is 10.4. The zero-order valence-electron chi connectivity index (χ0n) is 10.3. The summed E-state index contributed by atoms with van der Waals surface area (Å²) in [6.07, 6.45) is 3.11. The quantitative estimate of drug-likeness (QED) is 0.861. The second-order valence-corrected chi connectivity index (χ2v) is 4.65. The van der Waals surface area contributed by atoms with E-state index in [0.29, 0.717) is 11.1 Å². The van der Waals surface area contributed by atoms with Gasteiger partial charge in [-0.05, 0) is 18.6 Å². The van der Waals surface area contributed by atoms with E-state index in [1.165, 1.54) is 16.8 Å². The van der Waals surface area contributed by atoms with Gasteiger partial charge in [-0.15, -0.1) is 0 Å². The van der Waals surface area contributed by atoms with Crippen molar-refractivity contribution in [3.8, 4) is 0 Å². The molecule has 4 nitrogen and oxygen atoms in total. The molecule has 2 N–H and O–H groups in total. The molecule has 2 rings (SSSR count). The number of nitrogens with two attached hydrogens (primary N) is 1. The number of aromatic nitrogens is 2. The fourth-order valence-corrected chi connectivity index (χ4v) is 1.82. The first-order chi connectivity index (χ1) is 8.97. The van der Waals surface area contributed by atoms with Crippen molar-refractivity contribution in [2.45, 2.75) is 13.5 Å². The van der Waals surface area contributed by atoms with Crippen LogP contribution in [-0.2, 0) is 6.54 Å². The van der Waals surface area contributed by atoms with Gasteiger partial charge >= 0.3 is 5.69 Å². The number of rotatable bonds is 3. The van der Waals surface area contributed by atoms with Gasteiger partial charge in [-0.1, -0.05) is 24.4 Å². The molecular formula is C13H12FN3OS. The highest BCUT2D eigenvalue weighted by Gasteiger charge is 2.07. The van der Waals surface area contributed by atoms with Crippen LogP contribution in [0.15, 0.2) is 35.4 Å². The third kappa shape index (κ3) is 3.03. The fraction of sp³-hybridized carbons (Fsp3) is 0.154. The molecule has 0 bridgehead atoms. The number of hydrogen-bond donors (Lipinski definition) is 1. The first-order valence-corrected chi connectivity index (χ1v) is 5.99. The molecule has 6 heteroatoms. The molecule has 0 saturated carbocycles. The molecule has 2 aromatic rings. The Morgan fingerprint density at radius 1 is 1.53 bits per heavy atom. The lowest BCUT2D eigenvalue weighted by Crippen LogP contribution is -2.23. The smallest absolute Gasteiger partial charge is 0.347 e. The van der Waals surface area contributed by atoms with Gasteiger partial charge in [0, 0.05) is 23.5 Å². The van der Waals surface area contributed by atoms with Crippen LogP contribution in [0, 0.1) is 12.7 Å². The SMILES string of the molecule is Cc1cnc(=O)n(Cc2ccc(C(N)=S)cc2F)c1. The van der Waals surface area contributed by atoms with E-state index in [2.05, 4.69) is 4.98 Å². The third-order valence-electron chi connectivity index (χ3n) is 2.66. The van der Waals surface area contributed by atoms with E-state index in [4.69, 9.17) is 18.0 Å². The van der Waals surface area contributed by atoms with Gasteiger partial charge in [0.05, 0.1) is 6.54 Å². The van der Waals surface area contributed by atoms with Crippen LogP contribution in [0.1, 0.15) is 16.7 Å². The van der Waals surface area contributed by atoms with E-state index < -0.39 is 11.5 Å². The number of benzene rings is 1. The van der Waals surface area contributed by atoms with Crippen molar-refractivity contribution in [3.63, 3.8) is 0 Å². The summed E-state index contributed by atoms with van der Waals surface area (Å²) in [5, 5.41) is 0. The maximum atomic E-state index is 13.9.